The number of benzene rings is 2. The van der Waals surface area contributed by atoms with Crippen LogP contribution in [0, 0.1) is 5.82 Å². The van der Waals surface area contributed by atoms with E-state index in [2.05, 4.69) is 63.8 Å². The first-order chi connectivity index (χ1) is 14.6. The molecule has 0 saturated carbocycles. The molecule has 2 aromatic carbocycles. The zero-order chi connectivity index (χ0) is 20.9. The van der Waals surface area contributed by atoms with Crippen LogP contribution >= 0.6 is 11.3 Å². The van der Waals surface area contributed by atoms with E-state index in [1.165, 1.54) is 34.8 Å². The number of piperazine rings is 1. The molecule has 156 valence electrons. The Balaban J connectivity index is 1.46. The highest BCUT2D eigenvalue weighted by atomic mass is 32.1. The topological polar surface area (TPSA) is 35.6 Å². The van der Waals surface area contributed by atoms with Gasteiger partial charge in [0.2, 0.25) is 0 Å². The van der Waals surface area contributed by atoms with E-state index in [-0.39, 0.29) is 23.8 Å². The Bertz CT molecular complexity index is 938. The number of para-hydroxylation sites is 1. The molecule has 3 aromatic rings. The summed E-state index contributed by atoms with van der Waals surface area (Å²) in [5, 5.41) is 5.21. The van der Waals surface area contributed by atoms with Gasteiger partial charge in [-0.25, -0.2) is 4.39 Å². The zero-order valence-corrected chi connectivity index (χ0v) is 17.8. The van der Waals surface area contributed by atoms with Gasteiger partial charge in [-0.2, -0.15) is 0 Å². The molecule has 1 saturated heterocycles. The largest absolute Gasteiger partial charge is 0.369 e. The summed E-state index contributed by atoms with van der Waals surface area (Å²) in [5.74, 6) is -0.515. The minimum atomic E-state index is -0.340. The number of nitrogens with zero attached hydrogens (tertiary/aromatic N) is 2. The van der Waals surface area contributed by atoms with Gasteiger partial charge in [0, 0.05) is 48.3 Å². The fraction of sp³-hybridized carbons (Fsp3) is 0.292. The van der Waals surface area contributed by atoms with Crippen LogP contribution in [0.3, 0.4) is 0 Å². The van der Waals surface area contributed by atoms with E-state index in [1.807, 2.05) is 6.07 Å². The van der Waals surface area contributed by atoms with Crippen molar-refractivity contribution in [1.82, 2.24) is 10.2 Å². The summed E-state index contributed by atoms with van der Waals surface area (Å²) in [6, 6.07) is 20.4. The summed E-state index contributed by atoms with van der Waals surface area (Å²) >= 11 is 1.72. The summed E-state index contributed by atoms with van der Waals surface area (Å²) < 4.78 is 13.2. The second-order valence-corrected chi connectivity index (χ2v) is 8.57. The van der Waals surface area contributed by atoms with Crippen molar-refractivity contribution in [2.24, 2.45) is 0 Å². The standard InChI is InChI=1S/C24H26FN3OS/c1-18(26-24(29)19-9-11-20(25)12-10-19)23(22-8-5-17-30-22)28-15-13-27(14-16-28)21-6-3-2-4-7-21/h2-12,17-18,23H,13-16H2,1H3,(H,26,29)/t18-,23-/m1/s1. The van der Waals surface area contributed by atoms with E-state index in [4.69, 9.17) is 0 Å². The Kier molecular flexibility index (Phi) is 6.45. The molecule has 4 nitrogen and oxygen atoms in total. The molecule has 0 spiro atoms. The van der Waals surface area contributed by atoms with Crippen molar-refractivity contribution in [3.8, 4) is 0 Å². The van der Waals surface area contributed by atoms with Crippen molar-refractivity contribution in [3.63, 3.8) is 0 Å². The molecule has 2 heterocycles. The molecule has 0 radical (unpaired) electrons. The molecular formula is C24H26FN3OS. The van der Waals surface area contributed by atoms with Crippen LogP contribution in [0.4, 0.5) is 10.1 Å². The Morgan fingerprint density at radius 3 is 2.30 bits per heavy atom. The molecule has 1 aliphatic rings. The lowest BCUT2D eigenvalue weighted by molar-refractivity contribution is 0.0890. The van der Waals surface area contributed by atoms with Gasteiger partial charge in [-0.15, -0.1) is 11.3 Å². The van der Waals surface area contributed by atoms with Crippen LogP contribution in [0.5, 0.6) is 0 Å². The van der Waals surface area contributed by atoms with Gasteiger partial charge < -0.3 is 10.2 Å². The molecule has 1 N–H and O–H groups in total. The Hall–Kier alpha value is -2.70. The van der Waals surface area contributed by atoms with E-state index < -0.39 is 0 Å². The number of hydrogen-bond donors (Lipinski definition) is 1. The van der Waals surface area contributed by atoms with Crippen molar-refractivity contribution in [2.45, 2.75) is 19.0 Å². The lowest BCUT2D eigenvalue weighted by atomic mass is 10.0. The minimum absolute atomic E-state index is 0.0792. The van der Waals surface area contributed by atoms with Gasteiger partial charge in [-0.1, -0.05) is 24.3 Å². The van der Waals surface area contributed by atoms with Gasteiger partial charge >= 0.3 is 0 Å². The van der Waals surface area contributed by atoms with Crippen molar-refractivity contribution in [2.75, 3.05) is 31.1 Å². The third-order valence-electron chi connectivity index (χ3n) is 5.60. The summed E-state index contributed by atoms with van der Waals surface area (Å²) in [5.41, 5.74) is 1.73. The maximum absolute atomic E-state index is 13.2. The second kappa shape index (κ2) is 9.41. The van der Waals surface area contributed by atoms with Crippen LogP contribution < -0.4 is 10.2 Å². The van der Waals surface area contributed by atoms with Gasteiger partial charge in [-0.3, -0.25) is 9.69 Å². The summed E-state index contributed by atoms with van der Waals surface area (Å²) in [6.45, 7) is 5.80. The predicted molar refractivity (Wildman–Crippen MR) is 121 cm³/mol. The Labute approximate surface area is 180 Å². The third-order valence-corrected chi connectivity index (χ3v) is 6.55. The van der Waals surface area contributed by atoms with Gasteiger partial charge in [0.15, 0.2) is 0 Å². The number of halogens is 1. The zero-order valence-electron chi connectivity index (χ0n) is 17.0. The predicted octanol–water partition coefficient (Wildman–Crippen LogP) is 4.57. The van der Waals surface area contributed by atoms with Gasteiger partial charge in [-0.05, 0) is 54.8 Å². The SMILES string of the molecule is C[C@@H](NC(=O)c1ccc(F)cc1)[C@H](c1cccs1)N1CCN(c2ccccc2)CC1. The summed E-state index contributed by atoms with van der Waals surface area (Å²) in [4.78, 5) is 18.8. The Morgan fingerprint density at radius 2 is 1.67 bits per heavy atom. The number of nitrogens with one attached hydrogen (secondary N) is 1. The van der Waals surface area contributed by atoms with Crippen LogP contribution in [-0.4, -0.2) is 43.0 Å². The number of amides is 1. The van der Waals surface area contributed by atoms with Crippen molar-refractivity contribution in [1.29, 1.82) is 0 Å². The number of anilines is 1. The van der Waals surface area contributed by atoms with Crippen molar-refractivity contribution >= 4 is 22.9 Å². The second-order valence-electron chi connectivity index (χ2n) is 7.59. The van der Waals surface area contributed by atoms with Crippen LogP contribution in [0.15, 0.2) is 72.1 Å². The lowest BCUT2D eigenvalue weighted by Crippen LogP contribution is -2.52. The average Bonchev–Trinajstić information content (AvgIpc) is 3.30. The molecule has 1 fully saturated rings. The summed E-state index contributed by atoms with van der Waals surface area (Å²) in [6.07, 6.45) is 0. The first-order valence-electron chi connectivity index (χ1n) is 10.3. The highest BCUT2D eigenvalue weighted by Gasteiger charge is 2.31. The quantitative estimate of drug-likeness (QED) is 0.631. The number of carbonyl (C=O) groups excluding carboxylic acids is 1. The highest BCUT2D eigenvalue weighted by Crippen LogP contribution is 2.30. The smallest absolute Gasteiger partial charge is 0.251 e. The maximum Gasteiger partial charge on any atom is 0.251 e. The molecule has 1 aliphatic heterocycles. The first-order valence-corrected chi connectivity index (χ1v) is 11.1. The molecule has 6 heteroatoms. The first kappa shape index (κ1) is 20.6. The van der Waals surface area contributed by atoms with Gasteiger partial charge in [0.05, 0.1) is 6.04 Å². The number of carbonyl (C=O) groups is 1. The van der Waals surface area contributed by atoms with Crippen LogP contribution in [0.1, 0.15) is 28.2 Å². The number of hydrogen-bond acceptors (Lipinski definition) is 4. The van der Waals surface area contributed by atoms with Gasteiger partial charge in [0.25, 0.3) is 5.91 Å². The van der Waals surface area contributed by atoms with Crippen LogP contribution in [0.25, 0.3) is 0 Å². The Morgan fingerprint density at radius 1 is 0.967 bits per heavy atom. The van der Waals surface area contributed by atoms with E-state index in [0.717, 1.165) is 26.2 Å². The van der Waals surface area contributed by atoms with E-state index in [9.17, 15) is 9.18 Å². The van der Waals surface area contributed by atoms with E-state index in [1.54, 1.807) is 11.3 Å². The molecule has 1 aromatic heterocycles. The minimum Gasteiger partial charge on any atom is -0.369 e. The van der Waals surface area contributed by atoms with Gasteiger partial charge in [0.1, 0.15) is 5.82 Å². The molecule has 0 unspecified atom stereocenters. The molecule has 2 atom stereocenters. The number of rotatable bonds is 6. The average molecular weight is 424 g/mol. The molecular weight excluding hydrogens is 397 g/mol. The molecule has 1 amide bonds. The van der Waals surface area contributed by atoms with E-state index in [0.29, 0.717) is 5.56 Å². The fourth-order valence-electron chi connectivity index (χ4n) is 4.07. The van der Waals surface area contributed by atoms with Crippen LogP contribution in [0.2, 0.25) is 0 Å². The lowest BCUT2D eigenvalue weighted by Gasteiger charge is -2.42. The highest BCUT2D eigenvalue weighted by molar-refractivity contribution is 7.10. The normalized spacial score (nSPS) is 16.8. The van der Waals surface area contributed by atoms with E-state index >= 15 is 0 Å². The van der Waals surface area contributed by atoms with Crippen LogP contribution in [-0.2, 0) is 0 Å². The monoisotopic (exact) mass is 423 g/mol. The van der Waals surface area contributed by atoms with Crippen molar-refractivity contribution < 1.29 is 9.18 Å². The molecule has 4 rings (SSSR count). The molecule has 0 bridgehead atoms. The fourth-order valence-corrected chi connectivity index (χ4v) is 5.03. The van der Waals surface area contributed by atoms with Crippen molar-refractivity contribution in [3.05, 3.63) is 88.4 Å². The summed E-state index contributed by atoms with van der Waals surface area (Å²) in [7, 11) is 0. The maximum atomic E-state index is 13.2. The molecule has 30 heavy (non-hydrogen) atoms. The molecule has 0 aliphatic carbocycles. The third kappa shape index (κ3) is 4.71. The number of thiophene rings is 1.